The Morgan fingerprint density at radius 3 is 2.71 bits per heavy atom. The fourth-order valence-corrected chi connectivity index (χ4v) is 2.89. The van der Waals surface area contributed by atoms with E-state index in [0.717, 1.165) is 38.0 Å². The van der Waals surface area contributed by atoms with Crippen molar-refractivity contribution in [1.82, 2.24) is 10.2 Å². The van der Waals surface area contributed by atoms with Crippen LogP contribution in [0.25, 0.3) is 0 Å². The van der Waals surface area contributed by atoms with Crippen LogP contribution in [0.2, 0.25) is 0 Å². The molecule has 1 heterocycles. The predicted octanol–water partition coefficient (Wildman–Crippen LogP) is 3.23. The molecule has 4 nitrogen and oxygen atoms in total. The van der Waals surface area contributed by atoms with Gasteiger partial charge in [-0.25, -0.2) is 4.79 Å². The first-order valence-corrected chi connectivity index (χ1v) is 8.01. The fourth-order valence-electron chi connectivity index (χ4n) is 2.89. The standard InChI is InChI=1S/C17H27N3O/c1-4-8-15(18-11-5-2)13-20-16-10-7-6-9-14(16)12-19(3)17(20)21/h6-7,9-10,15,18H,4-5,8,11-13H2,1-3H3. The molecular weight excluding hydrogens is 262 g/mol. The van der Waals surface area contributed by atoms with E-state index in [9.17, 15) is 4.79 Å². The number of nitrogens with one attached hydrogen (secondary N) is 1. The third-order valence-corrected chi connectivity index (χ3v) is 3.97. The molecule has 1 aromatic carbocycles. The molecule has 0 spiro atoms. The molecule has 0 aliphatic carbocycles. The van der Waals surface area contributed by atoms with E-state index in [-0.39, 0.29) is 6.03 Å². The molecule has 0 aromatic heterocycles. The van der Waals surface area contributed by atoms with Gasteiger partial charge in [-0.3, -0.25) is 4.90 Å². The molecule has 0 fully saturated rings. The minimum Gasteiger partial charge on any atom is -0.323 e. The summed E-state index contributed by atoms with van der Waals surface area (Å²) in [5.74, 6) is 0. The van der Waals surface area contributed by atoms with Gasteiger partial charge in [0.1, 0.15) is 0 Å². The van der Waals surface area contributed by atoms with Gasteiger partial charge in [0, 0.05) is 26.2 Å². The molecule has 0 saturated heterocycles. The summed E-state index contributed by atoms with van der Waals surface area (Å²) >= 11 is 0. The van der Waals surface area contributed by atoms with Crippen LogP contribution in [0.3, 0.4) is 0 Å². The summed E-state index contributed by atoms with van der Waals surface area (Å²) in [6.07, 6.45) is 3.33. The molecule has 1 aromatic rings. The monoisotopic (exact) mass is 289 g/mol. The molecule has 1 N–H and O–H groups in total. The Morgan fingerprint density at radius 1 is 1.24 bits per heavy atom. The smallest absolute Gasteiger partial charge is 0.323 e. The van der Waals surface area contributed by atoms with Crippen molar-refractivity contribution in [3.05, 3.63) is 29.8 Å². The number of para-hydroxylation sites is 1. The zero-order valence-electron chi connectivity index (χ0n) is 13.4. The Morgan fingerprint density at radius 2 is 2.00 bits per heavy atom. The predicted molar refractivity (Wildman–Crippen MR) is 87.6 cm³/mol. The van der Waals surface area contributed by atoms with Crippen molar-refractivity contribution in [2.75, 3.05) is 25.0 Å². The largest absolute Gasteiger partial charge is 0.324 e. The lowest BCUT2D eigenvalue weighted by Crippen LogP contribution is -2.50. The number of benzene rings is 1. The first-order valence-electron chi connectivity index (χ1n) is 8.01. The number of nitrogens with zero attached hydrogens (tertiary/aromatic N) is 2. The van der Waals surface area contributed by atoms with Crippen LogP contribution in [0, 0.1) is 0 Å². The summed E-state index contributed by atoms with van der Waals surface area (Å²) in [6, 6.07) is 8.69. The van der Waals surface area contributed by atoms with Crippen LogP contribution in [-0.4, -0.2) is 37.1 Å². The Hall–Kier alpha value is -1.55. The first-order chi connectivity index (χ1) is 10.2. The van der Waals surface area contributed by atoms with Gasteiger partial charge >= 0.3 is 6.03 Å². The second-order valence-electron chi connectivity index (χ2n) is 5.82. The molecule has 0 bridgehead atoms. The average molecular weight is 289 g/mol. The van der Waals surface area contributed by atoms with Crippen molar-refractivity contribution in [2.45, 2.75) is 45.7 Å². The molecular formula is C17H27N3O. The fraction of sp³-hybridized carbons (Fsp3) is 0.588. The van der Waals surface area contributed by atoms with E-state index >= 15 is 0 Å². The van der Waals surface area contributed by atoms with E-state index in [0.29, 0.717) is 12.6 Å². The normalized spacial score (nSPS) is 16.0. The highest BCUT2D eigenvalue weighted by Gasteiger charge is 2.29. The molecule has 1 aliphatic heterocycles. The van der Waals surface area contributed by atoms with Crippen molar-refractivity contribution < 1.29 is 4.79 Å². The van der Waals surface area contributed by atoms with Crippen LogP contribution in [-0.2, 0) is 6.54 Å². The Kier molecular flexibility index (Phi) is 5.62. The number of hydrogen-bond donors (Lipinski definition) is 1. The lowest BCUT2D eigenvalue weighted by Gasteiger charge is -2.37. The molecule has 2 rings (SSSR count). The van der Waals surface area contributed by atoms with Gasteiger partial charge in [-0.1, -0.05) is 38.5 Å². The number of hydrogen-bond acceptors (Lipinski definition) is 2. The molecule has 0 saturated carbocycles. The number of anilines is 1. The zero-order valence-corrected chi connectivity index (χ0v) is 13.4. The number of carbonyl (C=O) groups excluding carboxylic acids is 1. The maximum atomic E-state index is 12.5. The second-order valence-corrected chi connectivity index (χ2v) is 5.82. The summed E-state index contributed by atoms with van der Waals surface area (Å²) in [5.41, 5.74) is 2.30. The molecule has 1 aliphatic rings. The van der Waals surface area contributed by atoms with Gasteiger partial charge in [0.2, 0.25) is 0 Å². The lowest BCUT2D eigenvalue weighted by molar-refractivity contribution is 0.209. The zero-order chi connectivity index (χ0) is 15.2. The van der Waals surface area contributed by atoms with Gasteiger partial charge in [0.25, 0.3) is 0 Å². The SMILES string of the molecule is CCCNC(CCC)CN1C(=O)N(C)Cc2ccccc21. The summed E-state index contributed by atoms with van der Waals surface area (Å²) in [6.45, 7) is 6.81. The van der Waals surface area contributed by atoms with Crippen molar-refractivity contribution in [3.63, 3.8) is 0 Å². The van der Waals surface area contributed by atoms with Crippen LogP contribution in [0.15, 0.2) is 24.3 Å². The van der Waals surface area contributed by atoms with Gasteiger partial charge in [0.05, 0.1) is 5.69 Å². The highest BCUT2D eigenvalue weighted by Crippen LogP contribution is 2.28. The quantitative estimate of drug-likeness (QED) is 0.836. The number of amides is 2. The van der Waals surface area contributed by atoms with E-state index in [1.165, 1.54) is 5.56 Å². The first kappa shape index (κ1) is 15.8. The minimum atomic E-state index is 0.105. The van der Waals surface area contributed by atoms with Gasteiger partial charge < -0.3 is 10.2 Å². The van der Waals surface area contributed by atoms with Crippen molar-refractivity contribution >= 4 is 11.7 Å². The van der Waals surface area contributed by atoms with Gasteiger partial charge in [-0.05, 0) is 31.0 Å². The topological polar surface area (TPSA) is 35.6 Å². The highest BCUT2D eigenvalue weighted by atomic mass is 16.2. The van der Waals surface area contributed by atoms with Gasteiger partial charge in [0.15, 0.2) is 0 Å². The van der Waals surface area contributed by atoms with Crippen LogP contribution in [0.4, 0.5) is 10.5 Å². The van der Waals surface area contributed by atoms with Crippen molar-refractivity contribution in [1.29, 1.82) is 0 Å². The Labute approximate surface area is 128 Å². The third kappa shape index (κ3) is 3.76. The average Bonchev–Trinajstić information content (AvgIpc) is 2.49. The molecule has 1 atom stereocenters. The molecule has 0 radical (unpaired) electrons. The van der Waals surface area contributed by atoms with Crippen LogP contribution in [0.5, 0.6) is 0 Å². The van der Waals surface area contributed by atoms with E-state index < -0.39 is 0 Å². The minimum absolute atomic E-state index is 0.105. The van der Waals surface area contributed by atoms with Gasteiger partial charge in [-0.15, -0.1) is 0 Å². The molecule has 1 unspecified atom stereocenters. The third-order valence-electron chi connectivity index (χ3n) is 3.97. The van der Waals surface area contributed by atoms with Crippen LogP contribution >= 0.6 is 0 Å². The van der Waals surface area contributed by atoms with Gasteiger partial charge in [-0.2, -0.15) is 0 Å². The maximum absolute atomic E-state index is 12.5. The number of carbonyl (C=O) groups is 1. The van der Waals surface area contributed by atoms with E-state index in [1.807, 2.05) is 24.1 Å². The molecule has 21 heavy (non-hydrogen) atoms. The van der Waals surface area contributed by atoms with Crippen molar-refractivity contribution in [3.8, 4) is 0 Å². The van der Waals surface area contributed by atoms with E-state index in [1.54, 1.807) is 4.90 Å². The Bertz CT molecular complexity index is 475. The lowest BCUT2D eigenvalue weighted by atomic mass is 10.1. The Balaban J connectivity index is 2.17. The number of fused-ring (bicyclic) bond motifs is 1. The van der Waals surface area contributed by atoms with Crippen LogP contribution < -0.4 is 10.2 Å². The van der Waals surface area contributed by atoms with E-state index in [2.05, 4.69) is 31.3 Å². The molecule has 4 heteroatoms. The van der Waals surface area contributed by atoms with E-state index in [4.69, 9.17) is 0 Å². The summed E-state index contributed by atoms with van der Waals surface area (Å²) in [4.78, 5) is 16.3. The summed E-state index contributed by atoms with van der Waals surface area (Å²) in [5, 5.41) is 3.57. The maximum Gasteiger partial charge on any atom is 0.324 e. The summed E-state index contributed by atoms with van der Waals surface area (Å²) < 4.78 is 0. The molecule has 116 valence electrons. The second kappa shape index (κ2) is 7.46. The van der Waals surface area contributed by atoms with Crippen LogP contribution in [0.1, 0.15) is 38.7 Å². The highest BCUT2D eigenvalue weighted by molar-refractivity contribution is 5.94. The number of urea groups is 1. The number of rotatable bonds is 7. The van der Waals surface area contributed by atoms with Crippen molar-refractivity contribution in [2.24, 2.45) is 0 Å². The summed E-state index contributed by atoms with van der Waals surface area (Å²) in [7, 11) is 1.87. The molecule has 2 amide bonds.